The summed E-state index contributed by atoms with van der Waals surface area (Å²) in [5.74, 6) is 0.745. The third kappa shape index (κ3) is 1.69. The number of nitrogen functional groups attached to an aromatic ring is 1. The summed E-state index contributed by atoms with van der Waals surface area (Å²) in [7, 11) is 0. The van der Waals surface area contributed by atoms with E-state index in [0.717, 1.165) is 23.6 Å². The predicted octanol–water partition coefficient (Wildman–Crippen LogP) is 2.77. The zero-order valence-corrected chi connectivity index (χ0v) is 9.99. The van der Waals surface area contributed by atoms with Crippen molar-refractivity contribution in [3.63, 3.8) is 0 Å². The van der Waals surface area contributed by atoms with E-state index < -0.39 is 0 Å². The summed E-state index contributed by atoms with van der Waals surface area (Å²) in [6.45, 7) is 7.09. The van der Waals surface area contributed by atoms with Crippen molar-refractivity contribution < 1.29 is 0 Å². The SMILES string of the molecule is CCn1cnc(-c2ccc(C)cc2C)c1N. The van der Waals surface area contributed by atoms with Crippen molar-refractivity contribution in [1.82, 2.24) is 9.55 Å². The Labute approximate surface area is 95.9 Å². The van der Waals surface area contributed by atoms with Crippen LogP contribution in [0.5, 0.6) is 0 Å². The molecule has 3 nitrogen and oxygen atoms in total. The van der Waals surface area contributed by atoms with Gasteiger partial charge in [0.15, 0.2) is 0 Å². The molecule has 16 heavy (non-hydrogen) atoms. The fourth-order valence-corrected chi connectivity index (χ4v) is 1.93. The summed E-state index contributed by atoms with van der Waals surface area (Å²) in [6.07, 6.45) is 1.80. The van der Waals surface area contributed by atoms with Crippen molar-refractivity contribution in [1.29, 1.82) is 0 Å². The van der Waals surface area contributed by atoms with Gasteiger partial charge in [-0.3, -0.25) is 0 Å². The second-order valence-corrected chi connectivity index (χ2v) is 4.08. The lowest BCUT2D eigenvalue weighted by Crippen LogP contribution is -2.00. The first-order chi connectivity index (χ1) is 7.63. The normalized spacial score (nSPS) is 10.7. The van der Waals surface area contributed by atoms with E-state index in [1.54, 1.807) is 6.33 Å². The van der Waals surface area contributed by atoms with Gasteiger partial charge < -0.3 is 10.3 Å². The van der Waals surface area contributed by atoms with Gasteiger partial charge in [0.25, 0.3) is 0 Å². The van der Waals surface area contributed by atoms with E-state index in [4.69, 9.17) is 5.73 Å². The lowest BCUT2D eigenvalue weighted by Gasteiger charge is -2.06. The molecule has 3 heteroatoms. The minimum atomic E-state index is 0.745. The van der Waals surface area contributed by atoms with Gasteiger partial charge in [-0.2, -0.15) is 0 Å². The molecule has 0 atom stereocenters. The highest BCUT2D eigenvalue weighted by Crippen LogP contribution is 2.27. The first-order valence-corrected chi connectivity index (χ1v) is 5.51. The molecule has 0 aliphatic heterocycles. The molecule has 1 aromatic carbocycles. The Morgan fingerprint density at radius 1 is 1.31 bits per heavy atom. The van der Waals surface area contributed by atoms with Gasteiger partial charge in [0, 0.05) is 12.1 Å². The molecule has 2 aromatic rings. The number of aromatic nitrogens is 2. The number of nitrogens with zero attached hydrogens (tertiary/aromatic N) is 2. The number of aryl methyl sites for hydroxylation is 3. The molecule has 2 N–H and O–H groups in total. The highest BCUT2D eigenvalue weighted by atomic mass is 15.1. The van der Waals surface area contributed by atoms with Crippen molar-refractivity contribution in [3.05, 3.63) is 35.7 Å². The predicted molar refractivity (Wildman–Crippen MR) is 67.2 cm³/mol. The number of nitrogens with two attached hydrogens (primary N) is 1. The summed E-state index contributed by atoms with van der Waals surface area (Å²) in [6, 6.07) is 6.33. The van der Waals surface area contributed by atoms with Crippen molar-refractivity contribution >= 4 is 5.82 Å². The maximum absolute atomic E-state index is 6.05. The Hall–Kier alpha value is -1.77. The molecule has 0 aliphatic carbocycles. The van der Waals surface area contributed by atoms with Crippen LogP contribution in [0.3, 0.4) is 0 Å². The third-order valence-corrected chi connectivity index (χ3v) is 2.86. The van der Waals surface area contributed by atoms with Crippen LogP contribution in [0, 0.1) is 13.8 Å². The molecule has 84 valence electrons. The molecule has 1 heterocycles. The molecule has 0 saturated carbocycles. The molecule has 0 spiro atoms. The third-order valence-electron chi connectivity index (χ3n) is 2.86. The fourth-order valence-electron chi connectivity index (χ4n) is 1.93. The standard InChI is InChI=1S/C13H17N3/c1-4-16-8-15-12(13(16)14)11-6-5-9(2)7-10(11)3/h5-8H,4,14H2,1-3H3. The van der Waals surface area contributed by atoms with Gasteiger partial charge in [-0.25, -0.2) is 4.98 Å². The van der Waals surface area contributed by atoms with Gasteiger partial charge in [0.2, 0.25) is 0 Å². The number of hydrogen-bond acceptors (Lipinski definition) is 2. The topological polar surface area (TPSA) is 43.8 Å². The Balaban J connectivity index is 2.54. The van der Waals surface area contributed by atoms with Crippen LogP contribution >= 0.6 is 0 Å². The van der Waals surface area contributed by atoms with E-state index in [1.807, 2.05) is 4.57 Å². The Morgan fingerprint density at radius 2 is 2.06 bits per heavy atom. The van der Waals surface area contributed by atoms with Crippen LogP contribution in [0.4, 0.5) is 5.82 Å². The quantitative estimate of drug-likeness (QED) is 0.837. The molecule has 0 bridgehead atoms. The van der Waals surface area contributed by atoms with E-state index in [-0.39, 0.29) is 0 Å². The van der Waals surface area contributed by atoms with E-state index in [1.165, 1.54) is 11.1 Å². The smallest absolute Gasteiger partial charge is 0.131 e. The molecule has 2 rings (SSSR count). The van der Waals surface area contributed by atoms with Gasteiger partial charge in [0.05, 0.1) is 6.33 Å². The highest BCUT2D eigenvalue weighted by Gasteiger charge is 2.10. The zero-order chi connectivity index (χ0) is 11.7. The summed E-state index contributed by atoms with van der Waals surface area (Å²) in [5.41, 5.74) is 10.5. The van der Waals surface area contributed by atoms with Gasteiger partial charge in [-0.15, -0.1) is 0 Å². The van der Waals surface area contributed by atoms with Crippen molar-refractivity contribution in [3.8, 4) is 11.3 Å². The van der Waals surface area contributed by atoms with E-state index in [2.05, 4.69) is 44.0 Å². The van der Waals surface area contributed by atoms with Crippen LogP contribution in [0.2, 0.25) is 0 Å². The van der Waals surface area contributed by atoms with Crippen molar-refractivity contribution in [2.75, 3.05) is 5.73 Å². The lowest BCUT2D eigenvalue weighted by atomic mass is 10.0. The molecule has 0 radical (unpaired) electrons. The molecule has 0 unspecified atom stereocenters. The number of hydrogen-bond donors (Lipinski definition) is 1. The van der Waals surface area contributed by atoms with Gasteiger partial charge in [0.1, 0.15) is 11.5 Å². The van der Waals surface area contributed by atoms with Crippen molar-refractivity contribution in [2.45, 2.75) is 27.3 Å². The fraction of sp³-hybridized carbons (Fsp3) is 0.308. The first-order valence-electron chi connectivity index (χ1n) is 5.51. The molecule has 0 aliphatic rings. The van der Waals surface area contributed by atoms with Crippen LogP contribution in [0.1, 0.15) is 18.1 Å². The Bertz CT molecular complexity index is 512. The van der Waals surface area contributed by atoms with Crippen LogP contribution in [-0.2, 0) is 6.54 Å². The van der Waals surface area contributed by atoms with Crippen LogP contribution in [0.15, 0.2) is 24.5 Å². The first kappa shape index (κ1) is 10.7. The van der Waals surface area contributed by atoms with Gasteiger partial charge in [-0.1, -0.05) is 23.8 Å². The minimum Gasteiger partial charge on any atom is -0.383 e. The lowest BCUT2D eigenvalue weighted by molar-refractivity contribution is 0.771. The van der Waals surface area contributed by atoms with Crippen LogP contribution in [-0.4, -0.2) is 9.55 Å². The second kappa shape index (κ2) is 4.00. The Morgan fingerprint density at radius 3 is 2.62 bits per heavy atom. The highest BCUT2D eigenvalue weighted by molar-refractivity contribution is 5.73. The van der Waals surface area contributed by atoms with E-state index in [0.29, 0.717) is 0 Å². The molecule has 1 aromatic heterocycles. The van der Waals surface area contributed by atoms with Gasteiger partial charge >= 0.3 is 0 Å². The number of imidazole rings is 1. The summed E-state index contributed by atoms with van der Waals surface area (Å²) >= 11 is 0. The number of anilines is 1. The summed E-state index contributed by atoms with van der Waals surface area (Å²) in [4.78, 5) is 4.39. The number of benzene rings is 1. The maximum Gasteiger partial charge on any atom is 0.131 e. The minimum absolute atomic E-state index is 0.745. The molecular formula is C13H17N3. The molecule has 0 saturated heterocycles. The largest absolute Gasteiger partial charge is 0.383 e. The molecular weight excluding hydrogens is 198 g/mol. The monoisotopic (exact) mass is 215 g/mol. The van der Waals surface area contributed by atoms with E-state index >= 15 is 0 Å². The number of rotatable bonds is 2. The van der Waals surface area contributed by atoms with Crippen LogP contribution < -0.4 is 5.73 Å². The maximum atomic E-state index is 6.05. The molecule has 0 fully saturated rings. The zero-order valence-electron chi connectivity index (χ0n) is 9.99. The molecule has 0 amide bonds. The average molecular weight is 215 g/mol. The summed E-state index contributed by atoms with van der Waals surface area (Å²) < 4.78 is 1.95. The van der Waals surface area contributed by atoms with Crippen LogP contribution in [0.25, 0.3) is 11.3 Å². The second-order valence-electron chi connectivity index (χ2n) is 4.08. The van der Waals surface area contributed by atoms with Crippen molar-refractivity contribution in [2.24, 2.45) is 0 Å². The average Bonchev–Trinajstić information content (AvgIpc) is 2.60. The van der Waals surface area contributed by atoms with Gasteiger partial charge in [-0.05, 0) is 26.3 Å². The van der Waals surface area contributed by atoms with E-state index in [9.17, 15) is 0 Å². The Kier molecular flexibility index (Phi) is 2.69. The summed E-state index contributed by atoms with van der Waals surface area (Å²) in [5, 5.41) is 0.